The van der Waals surface area contributed by atoms with Crippen molar-refractivity contribution in [3.63, 3.8) is 0 Å². The first-order chi connectivity index (χ1) is 16.2. The molecule has 0 N–H and O–H groups in total. The van der Waals surface area contributed by atoms with E-state index in [4.69, 9.17) is 0 Å². The van der Waals surface area contributed by atoms with Crippen LogP contribution in [0.1, 0.15) is 23.5 Å². The second kappa shape index (κ2) is 9.85. The fourth-order valence-corrected chi connectivity index (χ4v) is 5.61. The highest BCUT2D eigenvalue weighted by molar-refractivity contribution is 7.13. The first-order valence-corrected chi connectivity index (χ1v) is 12.4. The third-order valence-corrected chi connectivity index (χ3v) is 7.38. The van der Waals surface area contributed by atoms with Gasteiger partial charge in [0.05, 0.1) is 18.5 Å². The monoisotopic (exact) mass is 460 g/mol. The number of amides is 1. The summed E-state index contributed by atoms with van der Waals surface area (Å²) in [5.41, 5.74) is 2.01. The number of thiazole rings is 1. The van der Waals surface area contributed by atoms with Crippen molar-refractivity contribution in [2.24, 2.45) is 0 Å². The molecule has 2 aliphatic rings. The summed E-state index contributed by atoms with van der Waals surface area (Å²) in [6.45, 7) is 4.08. The second-order valence-electron chi connectivity index (χ2n) is 8.72. The summed E-state index contributed by atoms with van der Waals surface area (Å²) in [6.07, 6.45) is 2.43. The van der Waals surface area contributed by atoms with Crippen LogP contribution in [-0.2, 0) is 9.59 Å². The van der Waals surface area contributed by atoms with Gasteiger partial charge in [-0.05, 0) is 11.1 Å². The van der Waals surface area contributed by atoms with Crippen molar-refractivity contribution in [2.45, 2.75) is 18.4 Å². The van der Waals surface area contributed by atoms with Crippen LogP contribution < -0.4 is 4.90 Å². The van der Waals surface area contributed by atoms with Crippen LogP contribution in [0.5, 0.6) is 0 Å². The Morgan fingerprint density at radius 2 is 1.70 bits per heavy atom. The molecule has 1 aromatic heterocycles. The van der Waals surface area contributed by atoms with Gasteiger partial charge in [-0.1, -0.05) is 60.7 Å². The number of likely N-dealkylation sites (tertiary alicyclic amines) is 1. The highest BCUT2D eigenvalue weighted by Crippen LogP contribution is 2.30. The maximum absolute atomic E-state index is 14.1. The molecule has 2 saturated heterocycles. The van der Waals surface area contributed by atoms with Gasteiger partial charge >= 0.3 is 0 Å². The highest BCUT2D eigenvalue weighted by atomic mass is 32.1. The Balaban J connectivity index is 1.44. The van der Waals surface area contributed by atoms with E-state index >= 15 is 0 Å². The molecule has 0 unspecified atom stereocenters. The first kappa shape index (κ1) is 21.8. The lowest BCUT2D eigenvalue weighted by Gasteiger charge is -2.44. The first-order valence-electron chi connectivity index (χ1n) is 11.5. The summed E-state index contributed by atoms with van der Waals surface area (Å²) in [7, 11) is 0. The largest absolute Gasteiger partial charge is 0.344 e. The zero-order chi connectivity index (χ0) is 22.6. The molecular weight excluding hydrogens is 432 g/mol. The fraction of sp³-hybridized carbons (Fsp3) is 0.346. The minimum absolute atomic E-state index is 0.00373. The van der Waals surface area contributed by atoms with Gasteiger partial charge in [0.2, 0.25) is 5.91 Å². The smallest absolute Gasteiger partial charge is 0.234 e. The van der Waals surface area contributed by atoms with Crippen LogP contribution in [0.2, 0.25) is 0 Å². The summed E-state index contributed by atoms with van der Waals surface area (Å²) in [6, 6.07) is 20.1. The van der Waals surface area contributed by atoms with E-state index in [2.05, 4.69) is 19.7 Å². The molecule has 0 spiro atoms. The lowest BCUT2D eigenvalue weighted by Crippen LogP contribution is -2.59. The normalized spacial score (nSPS) is 19.4. The Hall–Kier alpha value is -3.03. The third-order valence-electron chi connectivity index (χ3n) is 6.54. The molecule has 0 radical (unpaired) electrons. The summed E-state index contributed by atoms with van der Waals surface area (Å²) >= 11 is 1.63. The highest BCUT2D eigenvalue weighted by Gasteiger charge is 2.37. The van der Waals surface area contributed by atoms with E-state index in [0.717, 1.165) is 35.9 Å². The van der Waals surface area contributed by atoms with E-state index in [1.807, 2.05) is 72.2 Å². The number of benzene rings is 2. The Labute approximate surface area is 198 Å². The number of piperazine rings is 1. The molecule has 2 fully saturated rings. The molecular formula is C26H28N4O2S. The molecule has 7 heteroatoms. The van der Waals surface area contributed by atoms with E-state index in [9.17, 15) is 9.59 Å². The van der Waals surface area contributed by atoms with Gasteiger partial charge in [-0.25, -0.2) is 4.98 Å². The Morgan fingerprint density at radius 3 is 2.27 bits per heavy atom. The summed E-state index contributed by atoms with van der Waals surface area (Å²) in [4.78, 5) is 37.1. The number of Topliss-reactive ketones (excluding diaryl/α,β-unsaturated/α-hetero) is 1. The van der Waals surface area contributed by atoms with Crippen molar-refractivity contribution in [3.05, 3.63) is 83.4 Å². The van der Waals surface area contributed by atoms with Gasteiger partial charge in [0.1, 0.15) is 5.78 Å². The Bertz CT molecular complexity index is 1030. The van der Waals surface area contributed by atoms with Gasteiger partial charge in [0.15, 0.2) is 5.13 Å². The molecule has 0 bridgehead atoms. The van der Waals surface area contributed by atoms with E-state index in [-0.39, 0.29) is 23.7 Å². The molecule has 0 saturated carbocycles. The van der Waals surface area contributed by atoms with Crippen LogP contribution in [0.15, 0.2) is 72.2 Å². The molecule has 2 aliphatic heterocycles. The SMILES string of the molecule is O=C1CCN(C[C@@H]2CN(c3nccs3)CCN2C(=O)C(c2ccccc2)c2ccccc2)C1. The number of rotatable bonds is 6. The summed E-state index contributed by atoms with van der Waals surface area (Å²) in [5.74, 6) is 0.0650. The average Bonchev–Trinajstić information content (AvgIpc) is 3.53. The standard InChI is InChI=1S/C26H28N4O2S/c31-23-11-13-28(19-23)17-22-18-29(26-27-12-16-33-26)14-15-30(22)25(32)24(20-7-3-1-4-8-20)21-9-5-2-6-10-21/h1-10,12,16,22,24H,11,13-15,17-19H2/t22-/m1/s1. The molecule has 3 aromatic rings. The number of nitrogens with zero attached hydrogens (tertiary/aromatic N) is 4. The van der Waals surface area contributed by atoms with Crippen molar-refractivity contribution in [1.82, 2.24) is 14.8 Å². The maximum atomic E-state index is 14.1. The van der Waals surface area contributed by atoms with Crippen molar-refractivity contribution >= 4 is 28.2 Å². The predicted molar refractivity (Wildman–Crippen MR) is 131 cm³/mol. The second-order valence-corrected chi connectivity index (χ2v) is 9.60. The van der Waals surface area contributed by atoms with E-state index < -0.39 is 0 Å². The third kappa shape index (κ3) is 4.84. The lowest BCUT2D eigenvalue weighted by molar-refractivity contribution is -0.135. The number of hydrogen-bond donors (Lipinski definition) is 0. The van der Waals surface area contributed by atoms with Gasteiger partial charge in [0.25, 0.3) is 0 Å². The number of aromatic nitrogens is 1. The van der Waals surface area contributed by atoms with E-state index in [1.165, 1.54) is 0 Å². The topological polar surface area (TPSA) is 56.8 Å². The fourth-order valence-electron chi connectivity index (χ4n) is 4.93. The molecule has 3 heterocycles. The van der Waals surface area contributed by atoms with Gasteiger partial charge in [-0.15, -0.1) is 11.3 Å². The number of anilines is 1. The zero-order valence-corrected chi connectivity index (χ0v) is 19.4. The molecule has 2 aromatic carbocycles. The number of hydrogen-bond acceptors (Lipinski definition) is 6. The molecule has 0 aliphatic carbocycles. The van der Waals surface area contributed by atoms with Crippen LogP contribution in [0.3, 0.4) is 0 Å². The van der Waals surface area contributed by atoms with Gasteiger partial charge < -0.3 is 9.80 Å². The molecule has 1 atom stereocenters. The minimum Gasteiger partial charge on any atom is -0.344 e. The van der Waals surface area contributed by atoms with Crippen LogP contribution >= 0.6 is 11.3 Å². The van der Waals surface area contributed by atoms with Crippen molar-refractivity contribution < 1.29 is 9.59 Å². The van der Waals surface area contributed by atoms with Gasteiger partial charge in [-0.3, -0.25) is 14.5 Å². The molecule has 6 nitrogen and oxygen atoms in total. The average molecular weight is 461 g/mol. The predicted octanol–water partition coefficient (Wildman–Crippen LogP) is 3.27. The number of carbonyl (C=O) groups is 2. The maximum Gasteiger partial charge on any atom is 0.234 e. The van der Waals surface area contributed by atoms with E-state index in [0.29, 0.717) is 26.1 Å². The van der Waals surface area contributed by atoms with Gasteiger partial charge in [0, 0.05) is 50.7 Å². The van der Waals surface area contributed by atoms with Crippen LogP contribution in [-0.4, -0.2) is 71.8 Å². The van der Waals surface area contributed by atoms with E-state index in [1.54, 1.807) is 11.3 Å². The van der Waals surface area contributed by atoms with Crippen LogP contribution in [0.25, 0.3) is 0 Å². The molecule has 5 rings (SSSR count). The molecule has 33 heavy (non-hydrogen) atoms. The molecule has 1 amide bonds. The Kier molecular flexibility index (Phi) is 6.51. The number of ketones is 1. The van der Waals surface area contributed by atoms with Crippen molar-refractivity contribution in [2.75, 3.05) is 44.2 Å². The summed E-state index contributed by atoms with van der Waals surface area (Å²) < 4.78 is 0. The van der Waals surface area contributed by atoms with Crippen LogP contribution in [0.4, 0.5) is 5.13 Å². The molecule has 170 valence electrons. The minimum atomic E-state index is -0.346. The number of carbonyl (C=O) groups excluding carboxylic acids is 2. The van der Waals surface area contributed by atoms with Crippen LogP contribution in [0, 0.1) is 0 Å². The zero-order valence-electron chi connectivity index (χ0n) is 18.5. The van der Waals surface area contributed by atoms with Gasteiger partial charge in [-0.2, -0.15) is 0 Å². The lowest BCUT2D eigenvalue weighted by atomic mass is 9.89. The summed E-state index contributed by atoms with van der Waals surface area (Å²) in [5, 5.41) is 2.98. The Morgan fingerprint density at radius 1 is 1.00 bits per heavy atom. The quantitative estimate of drug-likeness (QED) is 0.565. The van der Waals surface area contributed by atoms with Crippen molar-refractivity contribution in [3.8, 4) is 0 Å². The van der Waals surface area contributed by atoms with Crippen molar-refractivity contribution in [1.29, 1.82) is 0 Å².